The van der Waals surface area contributed by atoms with Crippen LogP contribution in [-0.2, 0) is 27.8 Å². The van der Waals surface area contributed by atoms with E-state index in [0.717, 1.165) is 16.5 Å². The van der Waals surface area contributed by atoms with Gasteiger partial charge in [0.15, 0.2) is 0 Å². The van der Waals surface area contributed by atoms with Gasteiger partial charge in [-0.3, -0.25) is 0 Å². The maximum Gasteiger partial charge on any atom is 0.249 e. The first kappa shape index (κ1) is 26.0. The summed E-state index contributed by atoms with van der Waals surface area (Å²) >= 11 is 0. The van der Waals surface area contributed by atoms with E-state index in [4.69, 9.17) is 14.2 Å². The molecule has 3 heterocycles. The molecule has 1 aliphatic carbocycles. The zero-order valence-electron chi connectivity index (χ0n) is 21.1. The number of benzene rings is 1. The largest absolute Gasteiger partial charge is 0.390 e. The molecule has 3 aliphatic rings. The van der Waals surface area contributed by atoms with Gasteiger partial charge in [-0.2, -0.15) is 0 Å². The minimum Gasteiger partial charge on any atom is -0.390 e. The Hall–Kier alpha value is -1.64. The van der Waals surface area contributed by atoms with Crippen molar-refractivity contribution in [2.45, 2.75) is 80.2 Å². The molecule has 5 rings (SSSR count). The molecule has 0 bridgehead atoms. The molecule has 11 heteroatoms. The van der Waals surface area contributed by atoms with E-state index in [-0.39, 0.29) is 13.0 Å². The Morgan fingerprint density at radius 2 is 1.75 bits per heavy atom. The van der Waals surface area contributed by atoms with Gasteiger partial charge in [-0.05, 0) is 32.6 Å². The number of likely N-dealkylation sites (N-methyl/N-ethyl adjacent to an activating group) is 2. The van der Waals surface area contributed by atoms with Crippen LogP contribution in [0, 0.1) is 0 Å². The Balaban J connectivity index is 1.38. The maximum absolute atomic E-state index is 11.8. The molecule has 2 saturated heterocycles. The summed E-state index contributed by atoms with van der Waals surface area (Å²) in [6, 6.07) is 6.72. The smallest absolute Gasteiger partial charge is 0.249 e. The van der Waals surface area contributed by atoms with Crippen LogP contribution in [0.4, 0.5) is 0 Å². The third-order valence-electron chi connectivity index (χ3n) is 8.06. The standard InChI is InChI=1S/C25H38N4O7/c1-13-9-24(32,12-28-10-14-11-29(4)16-8-6-5-7-15(14)16)25(33)23(34-13)35-22-20(31)17(26-2)19(30)18(27-3)21(22)36-25/h5-8,11,13,17-23,26-28,30-33H,9-10,12H2,1-4H3/t13-,17-,18+,19+,20+,21?,22?,23?,24-,25-/m1/s1. The van der Waals surface area contributed by atoms with Gasteiger partial charge in [0.1, 0.15) is 23.9 Å². The quantitative estimate of drug-likeness (QED) is 0.247. The van der Waals surface area contributed by atoms with Crippen LogP contribution in [0.5, 0.6) is 0 Å². The Morgan fingerprint density at radius 3 is 2.47 bits per heavy atom. The fourth-order valence-corrected chi connectivity index (χ4v) is 6.20. The van der Waals surface area contributed by atoms with Crippen molar-refractivity contribution < 1.29 is 34.6 Å². The molecule has 3 unspecified atom stereocenters. The van der Waals surface area contributed by atoms with Crippen LogP contribution < -0.4 is 16.0 Å². The Morgan fingerprint density at radius 1 is 1.03 bits per heavy atom. The molecule has 11 nitrogen and oxygen atoms in total. The highest BCUT2D eigenvalue weighted by atomic mass is 16.8. The van der Waals surface area contributed by atoms with Gasteiger partial charge in [-0.1, -0.05) is 18.2 Å². The van der Waals surface area contributed by atoms with E-state index in [1.54, 1.807) is 21.0 Å². The van der Waals surface area contributed by atoms with Crippen LogP contribution >= 0.6 is 0 Å². The SMILES string of the molecule is CN[C@@H]1[C@H](O)[C@H](NC)C2O[C@]3(O)C(OC2[C@H]1O)O[C@H](C)C[C@@]3(O)CNCc1cn(C)c2ccccc12. The highest BCUT2D eigenvalue weighted by molar-refractivity contribution is 5.83. The molecule has 200 valence electrons. The highest BCUT2D eigenvalue weighted by Crippen LogP contribution is 2.46. The average Bonchev–Trinajstić information content (AvgIpc) is 3.15. The van der Waals surface area contributed by atoms with Crippen LogP contribution in [0.1, 0.15) is 18.9 Å². The van der Waals surface area contributed by atoms with Crippen LogP contribution in [0.3, 0.4) is 0 Å². The summed E-state index contributed by atoms with van der Waals surface area (Å²) in [5, 5.41) is 55.7. The number of rotatable bonds is 6. The summed E-state index contributed by atoms with van der Waals surface area (Å²) < 4.78 is 20.2. The molecular formula is C25H38N4O7. The number of ether oxygens (including phenoxy) is 3. The molecule has 2 aromatic rings. The van der Waals surface area contributed by atoms with Gasteiger partial charge in [0.05, 0.1) is 24.3 Å². The maximum atomic E-state index is 11.8. The fourth-order valence-electron chi connectivity index (χ4n) is 6.20. The highest BCUT2D eigenvalue weighted by Gasteiger charge is 2.68. The molecule has 0 amide bonds. The second-order valence-corrected chi connectivity index (χ2v) is 10.4. The first-order valence-corrected chi connectivity index (χ1v) is 12.5. The lowest BCUT2D eigenvalue weighted by molar-refractivity contribution is -0.482. The van der Waals surface area contributed by atoms with Crippen molar-refractivity contribution in [3.05, 3.63) is 36.0 Å². The summed E-state index contributed by atoms with van der Waals surface area (Å²) in [5.41, 5.74) is 0.404. The third kappa shape index (κ3) is 3.99. The molecule has 1 saturated carbocycles. The minimum atomic E-state index is -2.23. The summed E-state index contributed by atoms with van der Waals surface area (Å²) in [5.74, 6) is -2.23. The lowest BCUT2D eigenvalue weighted by Gasteiger charge is -2.60. The Labute approximate surface area is 210 Å². The summed E-state index contributed by atoms with van der Waals surface area (Å²) in [4.78, 5) is 0. The zero-order valence-corrected chi connectivity index (χ0v) is 21.1. The van der Waals surface area contributed by atoms with Crippen molar-refractivity contribution in [1.82, 2.24) is 20.5 Å². The molecule has 0 radical (unpaired) electrons. The second kappa shape index (κ2) is 9.59. The van der Waals surface area contributed by atoms with Gasteiger partial charge in [-0.15, -0.1) is 0 Å². The normalized spacial score (nSPS) is 42.8. The predicted molar refractivity (Wildman–Crippen MR) is 131 cm³/mol. The second-order valence-electron chi connectivity index (χ2n) is 10.4. The lowest BCUT2D eigenvalue weighted by atomic mass is 9.77. The molecule has 1 aromatic heterocycles. The van der Waals surface area contributed by atoms with Crippen molar-refractivity contribution in [3.8, 4) is 0 Å². The van der Waals surface area contributed by atoms with Crippen molar-refractivity contribution >= 4 is 10.9 Å². The first-order chi connectivity index (χ1) is 17.1. The van der Waals surface area contributed by atoms with Gasteiger partial charge < -0.3 is 55.2 Å². The van der Waals surface area contributed by atoms with E-state index in [1.807, 2.05) is 31.4 Å². The van der Waals surface area contributed by atoms with Crippen LogP contribution in [0.25, 0.3) is 10.9 Å². The number of nitrogens with one attached hydrogen (secondary N) is 3. The number of aromatic nitrogens is 1. The number of hydrogen-bond donors (Lipinski definition) is 7. The summed E-state index contributed by atoms with van der Waals surface area (Å²) in [7, 11) is 5.29. The van der Waals surface area contributed by atoms with E-state index >= 15 is 0 Å². The molecule has 3 fully saturated rings. The minimum absolute atomic E-state index is 0.00609. The molecule has 36 heavy (non-hydrogen) atoms. The number of aliphatic hydroxyl groups excluding tert-OH is 2. The van der Waals surface area contributed by atoms with Crippen molar-refractivity contribution in [3.63, 3.8) is 0 Å². The zero-order chi connectivity index (χ0) is 25.8. The molecule has 7 N–H and O–H groups in total. The molecule has 0 spiro atoms. The topological polar surface area (TPSA) is 150 Å². The van der Waals surface area contributed by atoms with Crippen LogP contribution in [0.15, 0.2) is 30.5 Å². The molecular weight excluding hydrogens is 468 g/mol. The Bertz CT molecular complexity index is 1080. The van der Waals surface area contributed by atoms with Crippen LogP contribution in [-0.4, -0.2) is 106 Å². The molecule has 2 aliphatic heterocycles. The fraction of sp³-hybridized carbons (Fsp3) is 0.680. The first-order valence-electron chi connectivity index (χ1n) is 12.5. The van der Waals surface area contributed by atoms with E-state index in [9.17, 15) is 20.4 Å². The summed E-state index contributed by atoms with van der Waals surface area (Å²) in [6.07, 6.45) is -3.62. The van der Waals surface area contributed by atoms with E-state index in [1.165, 1.54) is 0 Å². The van der Waals surface area contributed by atoms with E-state index < -0.39 is 60.3 Å². The number of aryl methyl sites for hydroxylation is 1. The monoisotopic (exact) mass is 506 g/mol. The summed E-state index contributed by atoms with van der Waals surface area (Å²) in [6.45, 7) is 2.26. The van der Waals surface area contributed by atoms with Crippen molar-refractivity contribution in [1.29, 1.82) is 0 Å². The molecule has 1 aromatic carbocycles. The lowest BCUT2D eigenvalue weighted by Crippen LogP contribution is -2.81. The van der Waals surface area contributed by atoms with E-state index in [0.29, 0.717) is 6.54 Å². The number of fused-ring (bicyclic) bond motifs is 3. The predicted octanol–water partition coefficient (Wildman–Crippen LogP) is -1.48. The van der Waals surface area contributed by atoms with Gasteiger partial charge >= 0.3 is 0 Å². The van der Waals surface area contributed by atoms with Crippen molar-refractivity contribution in [2.24, 2.45) is 7.05 Å². The van der Waals surface area contributed by atoms with Gasteiger partial charge in [0.25, 0.3) is 0 Å². The van der Waals surface area contributed by atoms with E-state index in [2.05, 4.69) is 26.6 Å². The number of nitrogens with zero attached hydrogens (tertiary/aromatic N) is 1. The molecule has 10 atom stereocenters. The van der Waals surface area contributed by atoms with Gasteiger partial charge in [0, 0.05) is 43.7 Å². The average molecular weight is 507 g/mol. The van der Waals surface area contributed by atoms with Crippen molar-refractivity contribution in [2.75, 3.05) is 20.6 Å². The van der Waals surface area contributed by atoms with Crippen LogP contribution in [0.2, 0.25) is 0 Å². The number of hydrogen-bond acceptors (Lipinski definition) is 10. The Kier molecular flexibility index (Phi) is 6.92. The number of aliphatic hydroxyl groups is 4. The van der Waals surface area contributed by atoms with Gasteiger partial charge in [0.2, 0.25) is 12.1 Å². The number of para-hydroxylation sites is 1. The van der Waals surface area contributed by atoms with Gasteiger partial charge in [-0.25, -0.2) is 0 Å². The third-order valence-corrected chi connectivity index (χ3v) is 8.06.